The zero-order valence-electron chi connectivity index (χ0n) is 18.4. The molecule has 0 aliphatic rings. The maximum atomic E-state index is 12.9. The van der Waals surface area contributed by atoms with Gasteiger partial charge in [-0.2, -0.15) is 4.57 Å². The quantitative estimate of drug-likeness (QED) is 0.342. The van der Waals surface area contributed by atoms with Gasteiger partial charge in [0.15, 0.2) is 11.9 Å². The molecule has 0 aliphatic carbocycles. The number of rotatable bonds is 7. The number of ether oxygens (including phenoxy) is 1. The first-order valence-corrected chi connectivity index (χ1v) is 11.9. The monoisotopic (exact) mass is 456 g/mol. The number of hydrogen-bond acceptors (Lipinski definition) is 3. The van der Waals surface area contributed by atoms with E-state index in [-0.39, 0.29) is 4.90 Å². The van der Waals surface area contributed by atoms with Crippen LogP contribution in [0.15, 0.2) is 114 Å². The van der Waals surface area contributed by atoms with Crippen LogP contribution < -0.4 is 9.30 Å². The van der Waals surface area contributed by atoms with Gasteiger partial charge in [-0.05, 0) is 61.5 Å². The Balaban J connectivity index is 1.80. The first-order valence-electron chi connectivity index (χ1n) is 10.4. The van der Waals surface area contributed by atoms with Crippen molar-refractivity contribution in [3.05, 3.63) is 125 Å². The molecule has 0 amide bonds. The van der Waals surface area contributed by atoms with Gasteiger partial charge in [-0.25, -0.2) is 8.42 Å². The average molecular weight is 457 g/mol. The summed E-state index contributed by atoms with van der Waals surface area (Å²) in [6.07, 6.45) is 3.31. The SMILES string of the molecule is COc1ccc(-c2cccc[n+]2/C(=C\[N-]S(=O)(=O)c2ccc(C)cc2)c2ccccc2)cc1. The van der Waals surface area contributed by atoms with Crippen LogP contribution >= 0.6 is 0 Å². The Morgan fingerprint density at radius 3 is 2.18 bits per heavy atom. The van der Waals surface area contributed by atoms with E-state index in [0.717, 1.165) is 28.1 Å². The van der Waals surface area contributed by atoms with Gasteiger partial charge in [-0.1, -0.05) is 42.1 Å². The molecule has 0 atom stereocenters. The first-order chi connectivity index (χ1) is 16.0. The third-order valence-electron chi connectivity index (χ3n) is 5.21. The van der Waals surface area contributed by atoms with Gasteiger partial charge in [-0.3, -0.25) is 0 Å². The molecular formula is C27H24N2O3S. The largest absolute Gasteiger partial charge is 0.574 e. The zero-order chi connectivity index (χ0) is 23.3. The van der Waals surface area contributed by atoms with Crippen molar-refractivity contribution < 1.29 is 17.7 Å². The number of methoxy groups -OCH3 is 1. The molecule has 3 aromatic carbocycles. The molecule has 0 bridgehead atoms. The first kappa shape index (κ1) is 22.3. The fraction of sp³-hybridized carbons (Fsp3) is 0.0741. The third-order valence-corrected chi connectivity index (χ3v) is 6.46. The summed E-state index contributed by atoms with van der Waals surface area (Å²) in [4.78, 5) is 0.158. The highest BCUT2D eigenvalue weighted by Gasteiger charge is 2.18. The molecule has 1 aromatic heterocycles. The molecule has 0 radical (unpaired) electrons. The Labute approximate surface area is 194 Å². The van der Waals surface area contributed by atoms with E-state index in [9.17, 15) is 8.42 Å². The average Bonchev–Trinajstić information content (AvgIpc) is 2.85. The number of sulfonamides is 1. The van der Waals surface area contributed by atoms with Crippen LogP contribution in [0.25, 0.3) is 21.7 Å². The van der Waals surface area contributed by atoms with Crippen molar-refractivity contribution in [2.75, 3.05) is 7.11 Å². The van der Waals surface area contributed by atoms with E-state index < -0.39 is 10.0 Å². The number of nitrogens with zero attached hydrogens (tertiary/aromatic N) is 2. The van der Waals surface area contributed by atoms with Gasteiger partial charge in [0.25, 0.3) is 0 Å². The van der Waals surface area contributed by atoms with Crippen LogP contribution in [-0.4, -0.2) is 15.5 Å². The minimum atomic E-state index is -3.86. The summed E-state index contributed by atoms with van der Waals surface area (Å²) >= 11 is 0. The Kier molecular flexibility index (Phi) is 6.56. The molecule has 0 saturated heterocycles. The fourth-order valence-electron chi connectivity index (χ4n) is 3.43. The minimum absolute atomic E-state index is 0.158. The van der Waals surface area contributed by atoms with Crippen LogP contribution in [0.5, 0.6) is 5.75 Å². The molecule has 0 unspecified atom stereocenters. The summed E-state index contributed by atoms with van der Waals surface area (Å²) in [6, 6.07) is 29.8. The second-order valence-electron chi connectivity index (χ2n) is 7.46. The van der Waals surface area contributed by atoms with Crippen LogP contribution in [0.3, 0.4) is 0 Å². The van der Waals surface area contributed by atoms with Crippen LogP contribution in [-0.2, 0) is 10.0 Å². The molecule has 0 N–H and O–H groups in total. The number of aromatic nitrogens is 1. The van der Waals surface area contributed by atoms with Crippen LogP contribution in [0, 0.1) is 6.92 Å². The minimum Gasteiger partial charge on any atom is -0.574 e. The molecule has 33 heavy (non-hydrogen) atoms. The third kappa shape index (κ3) is 5.13. The highest BCUT2D eigenvalue weighted by Crippen LogP contribution is 2.24. The second kappa shape index (κ2) is 9.71. The van der Waals surface area contributed by atoms with Crippen molar-refractivity contribution >= 4 is 15.7 Å². The van der Waals surface area contributed by atoms with E-state index in [0.29, 0.717) is 5.70 Å². The van der Waals surface area contributed by atoms with Crippen molar-refractivity contribution in [3.63, 3.8) is 0 Å². The Morgan fingerprint density at radius 1 is 0.848 bits per heavy atom. The van der Waals surface area contributed by atoms with Crippen molar-refractivity contribution in [1.29, 1.82) is 0 Å². The molecule has 0 aliphatic heterocycles. The number of benzene rings is 3. The Morgan fingerprint density at radius 2 is 1.52 bits per heavy atom. The van der Waals surface area contributed by atoms with Crippen LogP contribution in [0.4, 0.5) is 0 Å². The second-order valence-corrected chi connectivity index (χ2v) is 9.09. The summed E-state index contributed by atoms with van der Waals surface area (Å²) in [5.74, 6) is 0.763. The molecule has 0 spiro atoms. The van der Waals surface area contributed by atoms with E-state index in [1.807, 2.05) is 90.5 Å². The lowest BCUT2D eigenvalue weighted by Gasteiger charge is -2.18. The summed E-state index contributed by atoms with van der Waals surface area (Å²) in [7, 11) is -2.23. The molecule has 0 fully saturated rings. The van der Waals surface area contributed by atoms with Gasteiger partial charge in [-0.15, -0.1) is 0 Å². The van der Waals surface area contributed by atoms with Gasteiger partial charge in [0.1, 0.15) is 15.8 Å². The number of aryl methyl sites for hydroxylation is 1. The molecule has 4 rings (SSSR count). The summed E-state index contributed by atoms with van der Waals surface area (Å²) in [6.45, 7) is 1.91. The van der Waals surface area contributed by atoms with Crippen LogP contribution in [0.1, 0.15) is 11.1 Å². The predicted octanol–water partition coefficient (Wildman–Crippen LogP) is 5.57. The van der Waals surface area contributed by atoms with E-state index in [2.05, 4.69) is 4.72 Å². The molecular weight excluding hydrogens is 432 g/mol. The molecule has 0 saturated carbocycles. The maximum absolute atomic E-state index is 12.9. The molecule has 6 heteroatoms. The van der Waals surface area contributed by atoms with Crippen molar-refractivity contribution in [3.8, 4) is 17.0 Å². The molecule has 166 valence electrons. The van der Waals surface area contributed by atoms with Crippen molar-refractivity contribution in [2.24, 2.45) is 0 Å². The molecule has 1 heterocycles. The normalized spacial score (nSPS) is 11.8. The Bertz CT molecular complexity index is 1360. The van der Waals surface area contributed by atoms with Crippen LogP contribution in [0.2, 0.25) is 0 Å². The summed E-state index contributed by atoms with van der Waals surface area (Å²) in [5, 5.41) is 0. The highest BCUT2D eigenvalue weighted by molar-refractivity contribution is 7.94. The number of pyridine rings is 1. The lowest BCUT2D eigenvalue weighted by Crippen LogP contribution is -2.35. The number of hydrogen-bond donors (Lipinski definition) is 0. The predicted molar refractivity (Wildman–Crippen MR) is 130 cm³/mol. The maximum Gasteiger partial charge on any atom is 0.218 e. The van der Waals surface area contributed by atoms with Crippen molar-refractivity contribution in [2.45, 2.75) is 11.8 Å². The summed E-state index contributed by atoms with van der Waals surface area (Å²) < 4.78 is 37.1. The lowest BCUT2D eigenvalue weighted by molar-refractivity contribution is -0.567. The lowest BCUT2D eigenvalue weighted by atomic mass is 10.1. The topological polar surface area (TPSA) is 61.4 Å². The van der Waals surface area contributed by atoms with E-state index in [1.165, 1.54) is 6.20 Å². The van der Waals surface area contributed by atoms with Gasteiger partial charge >= 0.3 is 0 Å². The van der Waals surface area contributed by atoms with E-state index in [1.54, 1.807) is 31.4 Å². The van der Waals surface area contributed by atoms with Crippen molar-refractivity contribution in [1.82, 2.24) is 0 Å². The van der Waals surface area contributed by atoms with Gasteiger partial charge in [0.05, 0.1) is 12.0 Å². The summed E-state index contributed by atoms with van der Waals surface area (Å²) in [5.41, 5.74) is 4.31. The molecule has 5 nitrogen and oxygen atoms in total. The van der Waals surface area contributed by atoms with Gasteiger partial charge in [0.2, 0.25) is 5.69 Å². The molecule has 4 aromatic rings. The standard InChI is InChI=1S/C27H24N2O3S/c1-21-11-17-25(18-12-21)33(30,31)28-20-27(22-8-4-3-5-9-22)29-19-7-6-10-26(29)23-13-15-24(32-2)16-14-23/h3-20H,1-2H3/b27-20-. The zero-order valence-corrected chi connectivity index (χ0v) is 19.2. The Hall–Kier alpha value is -3.90. The van der Waals surface area contributed by atoms with Gasteiger partial charge in [0, 0.05) is 23.3 Å². The smallest absolute Gasteiger partial charge is 0.218 e. The van der Waals surface area contributed by atoms with Gasteiger partial charge < -0.3 is 9.46 Å². The van der Waals surface area contributed by atoms with E-state index in [4.69, 9.17) is 4.74 Å². The van der Waals surface area contributed by atoms with E-state index >= 15 is 0 Å². The highest BCUT2D eigenvalue weighted by atomic mass is 32.2. The fourth-order valence-corrected chi connectivity index (χ4v) is 4.27.